The molecule has 6 heteroatoms. The Balaban J connectivity index is 2.20. The largest absolute Gasteiger partial charge is 0.230 e. The highest BCUT2D eigenvalue weighted by Gasteiger charge is 2.04. The Bertz CT molecular complexity index is 518. The Kier molecular flexibility index (Phi) is 3.76. The molecule has 1 aromatic carbocycles. The number of aromatic nitrogens is 1. The standard InChI is InChI=1S/C9H5ClN2S3/c10-6-1-2-8-7(3-6)12-9(15-8)14-5-13-4-11/h1-3H,5H2. The Labute approximate surface area is 105 Å². The van der Waals surface area contributed by atoms with Crippen LogP contribution in [0.1, 0.15) is 0 Å². The molecule has 1 aromatic heterocycles. The smallest absolute Gasteiger partial charge is 0.151 e. The van der Waals surface area contributed by atoms with Crippen LogP contribution < -0.4 is 0 Å². The average Bonchev–Trinajstić information content (AvgIpc) is 2.60. The molecule has 2 rings (SSSR count). The summed E-state index contributed by atoms with van der Waals surface area (Å²) >= 11 is 10.3. The van der Waals surface area contributed by atoms with Gasteiger partial charge >= 0.3 is 0 Å². The summed E-state index contributed by atoms with van der Waals surface area (Å²) in [6.07, 6.45) is 0. The highest BCUT2D eigenvalue weighted by Crippen LogP contribution is 2.32. The van der Waals surface area contributed by atoms with E-state index in [1.54, 1.807) is 23.1 Å². The first-order chi connectivity index (χ1) is 7.29. The molecule has 76 valence electrons. The molecule has 0 aliphatic rings. The molecule has 0 spiro atoms. The van der Waals surface area contributed by atoms with Gasteiger partial charge in [-0.15, -0.1) is 11.3 Å². The molecule has 2 nitrogen and oxygen atoms in total. The number of halogens is 1. The van der Waals surface area contributed by atoms with Crippen molar-refractivity contribution in [2.75, 3.05) is 5.08 Å². The van der Waals surface area contributed by atoms with Gasteiger partial charge in [-0.05, 0) is 30.0 Å². The normalized spacial score (nSPS) is 10.4. The molecule has 0 unspecified atom stereocenters. The van der Waals surface area contributed by atoms with E-state index in [0.29, 0.717) is 10.1 Å². The summed E-state index contributed by atoms with van der Waals surface area (Å²) in [6.45, 7) is 0. The highest BCUT2D eigenvalue weighted by atomic mass is 35.5. The molecule has 15 heavy (non-hydrogen) atoms. The van der Waals surface area contributed by atoms with Gasteiger partial charge in [-0.3, -0.25) is 0 Å². The summed E-state index contributed by atoms with van der Waals surface area (Å²) in [5.41, 5.74) is 0.928. The van der Waals surface area contributed by atoms with Crippen LogP contribution in [0, 0.1) is 10.7 Å². The van der Waals surface area contributed by atoms with E-state index in [-0.39, 0.29) is 0 Å². The summed E-state index contributed by atoms with van der Waals surface area (Å²) in [4.78, 5) is 4.42. The number of hydrogen-bond donors (Lipinski definition) is 0. The van der Waals surface area contributed by atoms with E-state index in [1.165, 1.54) is 11.8 Å². The van der Waals surface area contributed by atoms with Crippen molar-refractivity contribution in [2.45, 2.75) is 4.34 Å². The molecule has 0 saturated heterocycles. The maximum absolute atomic E-state index is 8.39. The number of nitriles is 1. The number of thioether (sulfide) groups is 2. The lowest BCUT2D eigenvalue weighted by atomic mass is 10.3. The molecule has 0 aliphatic heterocycles. The predicted octanol–water partition coefficient (Wildman–Crippen LogP) is 4.21. The summed E-state index contributed by atoms with van der Waals surface area (Å²) < 4.78 is 2.11. The summed E-state index contributed by atoms with van der Waals surface area (Å²) in [6, 6.07) is 5.69. The maximum atomic E-state index is 8.39. The van der Waals surface area contributed by atoms with Gasteiger partial charge in [0.15, 0.2) is 4.34 Å². The molecule has 0 aliphatic carbocycles. The Morgan fingerprint density at radius 3 is 3.20 bits per heavy atom. The lowest BCUT2D eigenvalue weighted by Gasteiger charge is -1.88. The average molecular weight is 273 g/mol. The van der Waals surface area contributed by atoms with Crippen LogP contribution in [0.4, 0.5) is 0 Å². The van der Waals surface area contributed by atoms with Gasteiger partial charge < -0.3 is 0 Å². The number of rotatable bonds is 3. The van der Waals surface area contributed by atoms with E-state index in [4.69, 9.17) is 16.9 Å². The SMILES string of the molecule is N#CSCSc1nc2cc(Cl)ccc2s1. The second-order valence-corrected chi connectivity index (χ2v) is 6.40. The van der Waals surface area contributed by atoms with Crippen molar-refractivity contribution in [3.8, 4) is 5.40 Å². The van der Waals surface area contributed by atoms with Gasteiger partial charge in [0.1, 0.15) is 5.40 Å². The fraction of sp³-hybridized carbons (Fsp3) is 0.111. The first-order valence-electron chi connectivity index (χ1n) is 3.99. The first-order valence-corrected chi connectivity index (χ1v) is 7.16. The summed E-state index contributed by atoms with van der Waals surface area (Å²) in [5, 5.41) is 11.8. The molecule has 0 amide bonds. The Morgan fingerprint density at radius 1 is 1.53 bits per heavy atom. The van der Waals surface area contributed by atoms with Gasteiger partial charge in [-0.2, -0.15) is 5.26 Å². The topological polar surface area (TPSA) is 36.7 Å². The van der Waals surface area contributed by atoms with Gasteiger partial charge in [0.05, 0.1) is 15.3 Å². The van der Waals surface area contributed by atoms with Crippen LogP contribution in [0.5, 0.6) is 0 Å². The minimum Gasteiger partial charge on any atom is -0.230 e. The number of thiazole rings is 1. The van der Waals surface area contributed by atoms with Crippen molar-refractivity contribution < 1.29 is 0 Å². The molecular formula is C9H5ClN2S3. The summed E-state index contributed by atoms with van der Waals surface area (Å²) in [5.74, 6) is 0. The van der Waals surface area contributed by atoms with E-state index < -0.39 is 0 Å². The third kappa shape index (κ3) is 2.79. The maximum Gasteiger partial charge on any atom is 0.151 e. The predicted molar refractivity (Wildman–Crippen MR) is 68.6 cm³/mol. The molecule has 0 radical (unpaired) electrons. The monoisotopic (exact) mass is 272 g/mol. The van der Waals surface area contributed by atoms with Crippen molar-refractivity contribution in [2.24, 2.45) is 0 Å². The molecule has 0 saturated carbocycles. The van der Waals surface area contributed by atoms with Gasteiger partial charge in [0.2, 0.25) is 0 Å². The van der Waals surface area contributed by atoms with Gasteiger partial charge in [-0.25, -0.2) is 4.98 Å². The van der Waals surface area contributed by atoms with Crippen LogP contribution in [-0.4, -0.2) is 10.1 Å². The molecule has 0 fully saturated rings. The van der Waals surface area contributed by atoms with Crippen LogP contribution in [-0.2, 0) is 0 Å². The van der Waals surface area contributed by atoms with Crippen molar-refractivity contribution in [1.29, 1.82) is 5.26 Å². The van der Waals surface area contributed by atoms with Crippen LogP contribution >= 0.6 is 46.5 Å². The molecule has 0 atom stereocenters. The third-order valence-corrected chi connectivity index (χ3v) is 4.72. The number of nitrogens with zero attached hydrogens (tertiary/aromatic N) is 2. The number of fused-ring (bicyclic) bond motifs is 1. The van der Waals surface area contributed by atoms with Crippen molar-refractivity contribution >= 4 is 56.7 Å². The Hall–Kier alpha value is -0.410. The molecule has 1 heterocycles. The van der Waals surface area contributed by atoms with Gasteiger partial charge in [0.25, 0.3) is 0 Å². The zero-order valence-electron chi connectivity index (χ0n) is 7.44. The second kappa shape index (κ2) is 5.08. The minimum absolute atomic E-state index is 0.704. The van der Waals surface area contributed by atoms with Gasteiger partial charge in [0, 0.05) is 5.02 Å². The lowest BCUT2D eigenvalue weighted by molar-refractivity contribution is 1.31. The highest BCUT2D eigenvalue weighted by molar-refractivity contribution is 8.18. The fourth-order valence-electron chi connectivity index (χ4n) is 1.05. The quantitative estimate of drug-likeness (QED) is 0.363. The fourth-order valence-corrected chi connectivity index (χ4v) is 3.84. The van der Waals surface area contributed by atoms with Gasteiger partial charge in [-0.1, -0.05) is 23.4 Å². The third-order valence-electron chi connectivity index (χ3n) is 1.64. The molecule has 0 bridgehead atoms. The minimum atomic E-state index is 0.704. The first kappa shape index (κ1) is 11.1. The summed E-state index contributed by atoms with van der Waals surface area (Å²) in [7, 11) is 0. The van der Waals surface area contributed by atoms with Crippen LogP contribution in [0.15, 0.2) is 22.5 Å². The lowest BCUT2D eigenvalue weighted by Crippen LogP contribution is -1.70. The van der Waals surface area contributed by atoms with Crippen LogP contribution in [0.2, 0.25) is 5.02 Å². The number of benzene rings is 1. The molecular weight excluding hydrogens is 268 g/mol. The number of hydrogen-bond acceptors (Lipinski definition) is 5. The Morgan fingerprint density at radius 2 is 2.40 bits per heavy atom. The van der Waals surface area contributed by atoms with Crippen molar-refractivity contribution in [1.82, 2.24) is 4.98 Å². The van der Waals surface area contributed by atoms with Crippen LogP contribution in [0.25, 0.3) is 10.2 Å². The number of thiocyanates is 1. The molecule has 0 N–H and O–H groups in total. The second-order valence-electron chi connectivity index (χ2n) is 2.59. The zero-order chi connectivity index (χ0) is 10.7. The van der Waals surface area contributed by atoms with E-state index >= 15 is 0 Å². The van der Waals surface area contributed by atoms with Crippen LogP contribution in [0.3, 0.4) is 0 Å². The van der Waals surface area contributed by atoms with E-state index in [1.807, 2.05) is 23.6 Å². The zero-order valence-corrected chi connectivity index (χ0v) is 10.6. The molecule has 2 aromatic rings. The van der Waals surface area contributed by atoms with E-state index in [0.717, 1.165) is 14.6 Å². The van der Waals surface area contributed by atoms with Crippen molar-refractivity contribution in [3.63, 3.8) is 0 Å². The van der Waals surface area contributed by atoms with E-state index in [2.05, 4.69) is 4.98 Å². The van der Waals surface area contributed by atoms with E-state index in [9.17, 15) is 0 Å². The van der Waals surface area contributed by atoms with Crippen molar-refractivity contribution in [3.05, 3.63) is 23.2 Å².